The predicted octanol–water partition coefficient (Wildman–Crippen LogP) is 2.13. The Morgan fingerprint density at radius 1 is 1.44 bits per heavy atom. The van der Waals surface area contributed by atoms with E-state index in [1.807, 2.05) is 6.07 Å². The summed E-state index contributed by atoms with van der Waals surface area (Å²) in [4.78, 5) is 23.7. The molecule has 1 aromatic rings. The van der Waals surface area contributed by atoms with Crippen molar-refractivity contribution in [1.82, 2.24) is 0 Å². The van der Waals surface area contributed by atoms with Crippen LogP contribution in [0, 0.1) is 5.92 Å². The van der Waals surface area contributed by atoms with Crippen LogP contribution in [-0.2, 0) is 9.59 Å². The summed E-state index contributed by atoms with van der Waals surface area (Å²) in [5, 5.41) is 8.75. The van der Waals surface area contributed by atoms with Crippen molar-refractivity contribution in [3.05, 3.63) is 28.7 Å². The van der Waals surface area contributed by atoms with E-state index in [0.717, 1.165) is 4.47 Å². The van der Waals surface area contributed by atoms with Crippen LogP contribution in [0.4, 0.5) is 5.69 Å². The topological polar surface area (TPSA) is 57.6 Å². The molecule has 0 aromatic heterocycles. The Bertz CT molecular complexity index is 419. The van der Waals surface area contributed by atoms with E-state index in [-0.39, 0.29) is 0 Å². The quantitative estimate of drug-likeness (QED) is 0.866. The van der Waals surface area contributed by atoms with E-state index >= 15 is 0 Å². The van der Waals surface area contributed by atoms with Crippen molar-refractivity contribution >= 4 is 33.5 Å². The van der Waals surface area contributed by atoms with E-state index in [1.54, 1.807) is 25.2 Å². The van der Waals surface area contributed by atoms with Gasteiger partial charge in [0.1, 0.15) is 5.92 Å². The van der Waals surface area contributed by atoms with Gasteiger partial charge in [-0.25, -0.2) is 0 Å². The van der Waals surface area contributed by atoms with Gasteiger partial charge in [0.15, 0.2) is 0 Å². The fourth-order valence-electron chi connectivity index (χ4n) is 1.21. The lowest BCUT2D eigenvalue weighted by atomic mass is 10.1. The van der Waals surface area contributed by atoms with Crippen molar-refractivity contribution in [3.63, 3.8) is 0 Å². The van der Waals surface area contributed by atoms with Gasteiger partial charge in [-0.1, -0.05) is 22.0 Å². The molecular formula is C11H12BrNO3. The Balaban J connectivity index is 2.90. The van der Waals surface area contributed by atoms with Gasteiger partial charge in [-0.05, 0) is 25.1 Å². The minimum atomic E-state index is -1.12. The molecule has 1 aromatic carbocycles. The monoisotopic (exact) mass is 285 g/mol. The third-order valence-electron chi connectivity index (χ3n) is 2.27. The molecule has 1 rings (SSSR count). The number of halogens is 1. The van der Waals surface area contributed by atoms with E-state index in [0.29, 0.717) is 5.69 Å². The first-order valence-electron chi connectivity index (χ1n) is 4.69. The summed E-state index contributed by atoms with van der Waals surface area (Å²) in [5.74, 6) is -2.60. The lowest BCUT2D eigenvalue weighted by Crippen LogP contribution is -2.35. The second kappa shape index (κ2) is 5.12. The molecule has 0 fully saturated rings. The maximum absolute atomic E-state index is 11.7. The Kier molecular flexibility index (Phi) is 4.06. The summed E-state index contributed by atoms with van der Waals surface area (Å²) >= 11 is 3.29. The smallest absolute Gasteiger partial charge is 0.315 e. The molecule has 0 aliphatic carbocycles. The summed E-state index contributed by atoms with van der Waals surface area (Å²) in [6.07, 6.45) is 0. The first-order valence-corrected chi connectivity index (χ1v) is 5.48. The Labute approximate surface area is 102 Å². The van der Waals surface area contributed by atoms with Gasteiger partial charge < -0.3 is 10.0 Å². The van der Waals surface area contributed by atoms with Crippen LogP contribution in [0.1, 0.15) is 6.92 Å². The fourth-order valence-corrected chi connectivity index (χ4v) is 1.60. The highest BCUT2D eigenvalue weighted by Gasteiger charge is 2.24. The summed E-state index contributed by atoms with van der Waals surface area (Å²) < 4.78 is 0.840. The molecule has 1 atom stereocenters. The van der Waals surface area contributed by atoms with Crippen molar-refractivity contribution in [2.75, 3.05) is 11.9 Å². The van der Waals surface area contributed by atoms with Crippen LogP contribution in [0.5, 0.6) is 0 Å². The lowest BCUT2D eigenvalue weighted by Gasteiger charge is -2.19. The summed E-state index contributed by atoms with van der Waals surface area (Å²) in [6.45, 7) is 1.37. The second-order valence-electron chi connectivity index (χ2n) is 3.44. The van der Waals surface area contributed by atoms with Crippen molar-refractivity contribution in [2.24, 2.45) is 5.92 Å². The molecule has 1 amide bonds. The van der Waals surface area contributed by atoms with Gasteiger partial charge in [0.25, 0.3) is 0 Å². The fraction of sp³-hybridized carbons (Fsp3) is 0.273. The predicted molar refractivity (Wildman–Crippen MR) is 64.4 cm³/mol. The van der Waals surface area contributed by atoms with E-state index in [2.05, 4.69) is 15.9 Å². The number of carbonyl (C=O) groups excluding carboxylic acids is 1. The average Bonchev–Trinajstić information content (AvgIpc) is 2.26. The number of hydrogen-bond acceptors (Lipinski definition) is 2. The highest BCUT2D eigenvalue weighted by Crippen LogP contribution is 2.20. The highest BCUT2D eigenvalue weighted by molar-refractivity contribution is 9.10. The number of carboxylic acids is 1. The molecule has 1 unspecified atom stereocenters. The number of nitrogens with zero attached hydrogens (tertiary/aromatic N) is 1. The first-order chi connectivity index (χ1) is 7.43. The van der Waals surface area contributed by atoms with E-state index < -0.39 is 17.8 Å². The molecule has 0 aliphatic rings. The molecule has 1 N–H and O–H groups in total. The number of carboxylic acid groups (broad SMARTS) is 1. The summed E-state index contributed by atoms with van der Waals surface area (Å²) in [6, 6.07) is 7.13. The van der Waals surface area contributed by atoms with Crippen LogP contribution in [0.3, 0.4) is 0 Å². The normalized spacial score (nSPS) is 11.9. The van der Waals surface area contributed by atoms with Crippen LogP contribution in [0.2, 0.25) is 0 Å². The van der Waals surface area contributed by atoms with Gasteiger partial charge in [0.2, 0.25) is 5.91 Å². The van der Waals surface area contributed by atoms with Crippen molar-refractivity contribution < 1.29 is 14.7 Å². The average molecular weight is 286 g/mol. The number of benzene rings is 1. The number of rotatable bonds is 3. The van der Waals surface area contributed by atoms with Crippen LogP contribution in [0.25, 0.3) is 0 Å². The number of amides is 1. The number of anilines is 1. The largest absolute Gasteiger partial charge is 0.481 e. The Morgan fingerprint density at radius 3 is 2.56 bits per heavy atom. The maximum Gasteiger partial charge on any atom is 0.315 e. The first kappa shape index (κ1) is 12.7. The van der Waals surface area contributed by atoms with Gasteiger partial charge in [0.05, 0.1) is 0 Å². The van der Waals surface area contributed by atoms with Crippen LogP contribution in [0.15, 0.2) is 28.7 Å². The van der Waals surface area contributed by atoms with Gasteiger partial charge in [-0.15, -0.1) is 0 Å². The van der Waals surface area contributed by atoms with Gasteiger partial charge in [0, 0.05) is 17.2 Å². The molecule has 16 heavy (non-hydrogen) atoms. The summed E-state index contributed by atoms with van der Waals surface area (Å²) in [7, 11) is 1.56. The van der Waals surface area contributed by atoms with Crippen LogP contribution < -0.4 is 4.90 Å². The third-order valence-corrected chi connectivity index (χ3v) is 2.76. The number of hydrogen-bond donors (Lipinski definition) is 1. The highest BCUT2D eigenvalue weighted by atomic mass is 79.9. The molecule has 0 heterocycles. The standard InChI is InChI=1S/C11H12BrNO3/c1-7(11(15)16)10(14)13(2)9-5-3-4-8(12)6-9/h3-7H,1-2H3,(H,15,16). The zero-order valence-corrected chi connectivity index (χ0v) is 10.6. The molecule has 0 saturated carbocycles. The van der Waals surface area contributed by atoms with Gasteiger partial charge >= 0.3 is 5.97 Å². The summed E-state index contributed by atoms with van der Waals surface area (Å²) in [5.41, 5.74) is 0.660. The zero-order valence-electron chi connectivity index (χ0n) is 8.98. The maximum atomic E-state index is 11.7. The zero-order chi connectivity index (χ0) is 12.3. The van der Waals surface area contributed by atoms with E-state index in [9.17, 15) is 9.59 Å². The number of aliphatic carboxylic acids is 1. The van der Waals surface area contributed by atoms with Crippen LogP contribution in [-0.4, -0.2) is 24.0 Å². The van der Waals surface area contributed by atoms with Crippen LogP contribution >= 0.6 is 15.9 Å². The minimum absolute atomic E-state index is 0.439. The molecule has 0 spiro atoms. The molecule has 0 aliphatic heterocycles. The Hall–Kier alpha value is -1.36. The van der Waals surface area contributed by atoms with Crippen molar-refractivity contribution in [2.45, 2.75) is 6.92 Å². The second-order valence-corrected chi connectivity index (χ2v) is 4.35. The molecule has 4 nitrogen and oxygen atoms in total. The van der Waals surface area contributed by atoms with Crippen molar-refractivity contribution in [1.29, 1.82) is 0 Å². The van der Waals surface area contributed by atoms with Gasteiger partial charge in [-0.2, -0.15) is 0 Å². The third kappa shape index (κ3) is 2.82. The minimum Gasteiger partial charge on any atom is -0.481 e. The SMILES string of the molecule is CC(C(=O)O)C(=O)N(C)c1cccc(Br)c1. The lowest BCUT2D eigenvalue weighted by molar-refractivity contribution is -0.145. The Morgan fingerprint density at radius 2 is 2.06 bits per heavy atom. The van der Waals surface area contributed by atoms with E-state index in [4.69, 9.17) is 5.11 Å². The molecular weight excluding hydrogens is 274 g/mol. The van der Waals surface area contributed by atoms with Gasteiger partial charge in [-0.3, -0.25) is 9.59 Å². The van der Waals surface area contributed by atoms with E-state index in [1.165, 1.54) is 11.8 Å². The molecule has 0 radical (unpaired) electrons. The number of carbonyl (C=O) groups is 2. The van der Waals surface area contributed by atoms with Crippen molar-refractivity contribution in [3.8, 4) is 0 Å². The molecule has 5 heteroatoms. The molecule has 86 valence electrons. The molecule has 0 bridgehead atoms. The molecule has 0 saturated heterocycles.